The first kappa shape index (κ1) is 15.1. The fourth-order valence-corrected chi connectivity index (χ4v) is 2.19. The highest BCUT2D eigenvalue weighted by atomic mass is 79.9. The van der Waals surface area contributed by atoms with Crippen molar-refractivity contribution < 1.29 is 4.79 Å². The van der Waals surface area contributed by atoms with Crippen molar-refractivity contribution in [2.24, 2.45) is 5.73 Å². The second kappa shape index (κ2) is 5.80. The van der Waals surface area contributed by atoms with E-state index in [0.29, 0.717) is 17.0 Å². The summed E-state index contributed by atoms with van der Waals surface area (Å²) < 4.78 is 0.948. The van der Waals surface area contributed by atoms with Gasteiger partial charge >= 0.3 is 0 Å². The van der Waals surface area contributed by atoms with E-state index >= 15 is 0 Å². The van der Waals surface area contributed by atoms with Crippen LogP contribution in [0.1, 0.15) is 36.2 Å². The van der Waals surface area contributed by atoms with E-state index < -0.39 is 5.54 Å². The molecule has 0 aliphatic rings. The Balaban J connectivity index is 2.98. The third-order valence-corrected chi connectivity index (χ3v) is 4.02. The van der Waals surface area contributed by atoms with Crippen molar-refractivity contribution in [3.05, 3.63) is 33.8 Å². The van der Waals surface area contributed by atoms with Crippen LogP contribution in [0.3, 0.4) is 0 Å². The number of hydrogen-bond acceptors (Lipinski definition) is 2. The van der Waals surface area contributed by atoms with Crippen LogP contribution < -0.4 is 11.1 Å². The van der Waals surface area contributed by atoms with E-state index in [9.17, 15) is 4.79 Å². The molecule has 1 atom stereocenters. The monoisotopic (exact) mass is 328 g/mol. The number of carbonyl (C=O) groups is 1. The van der Waals surface area contributed by atoms with Gasteiger partial charge in [-0.1, -0.05) is 35.1 Å². The first-order chi connectivity index (χ1) is 8.30. The summed E-state index contributed by atoms with van der Waals surface area (Å²) in [7, 11) is 0. The van der Waals surface area contributed by atoms with Crippen molar-refractivity contribution in [3.63, 3.8) is 0 Å². The first-order valence-corrected chi connectivity index (χ1v) is 6.89. The number of aryl methyl sites for hydroxylation is 1. The van der Waals surface area contributed by atoms with Crippen LogP contribution in [0, 0.1) is 6.92 Å². The van der Waals surface area contributed by atoms with Gasteiger partial charge < -0.3 is 11.1 Å². The third-order valence-electron chi connectivity index (χ3n) is 3.07. The highest BCUT2D eigenvalue weighted by molar-refractivity contribution is 9.10. The van der Waals surface area contributed by atoms with Crippen molar-refractivity contribution >= 4 is 39.0 Å². The van der Waals surface area contributed by atoms with Gasteiger partial charge in [-0.15, -0.1) is 0 Å². The number of benzene rings is 1. The van der Waals surface area contributed by atoms with E-state index in [-0.39, 0.29) is 5.91 Å². The number of amides is 1. The molecule has 0 aliphatic carbocycles. The zero-order valence-electron chi connectivity index (χ0n) is 10.7. The predicted molar refractivity (Wildman–Crippen MR) is 81.8 cm³/mol. The van der Waals surface area contributed by atoms with E-state index in [1.807, 2.05) is 32.9 Å². The molecule has 18 heavy (non-hydrogen) atoms. The molecule has 1 aromatic carbocycles. The number of thiocarbonyl (C=S) groups is 1. The largest absolute Gasteiger partial charge is 0.391 e. The Labute approximate surface area is 121 Å². The van der Waals surface area contributed by atoms with Crippen molar-refractivity contribution in [2.45, 2.75) is 32.7 Å². The Hall–Kier alpha value is -0.940. The molecule has 1 amide bonds. The Morgan fingerprint density at radius 1 is 1.56 bits per heavy atom. The highest BCUT2D eigenvalue weighted by Gasteiger charge is 2.28. The van der Waals surface area contributed by atoms with Gasteiger partial charge in [-0.25, -0.2) is 0 Å². The number of carbonyl (C=O) groups excluding carboxylic acids is 1. The van der Waals surface area contributed by atoms with Gasteiger partial charge in [-0.3, -0.25) is 4.79 Å². The van der Waals surface area contributed by atoms with Crippen molar-refractivity contribution in [1.29, 1.82) is 0 Å². The van der Waals surface area contributed by atoms with Gasteiger partial charge in [-0.05, 0) is 44.0 Å². The Kier molecular flexibility index (Phi) is 4.87. The van der Waals surface area contributed by atoms with E-state index in [1.54, 1.807) is 6.07 Å². The SMILES string of the molecule is CCC(C)(NC(=O)c1ccc(Br)cc1C)C(N)=S. The van der Waals surface area contributed by atoms with Gasteiger partial charge in [0.25, 0.3) is 5.91 Å². The summed E-state index contributed by atoms with van der Waals surface area (Å²) in [5.41, 5.74) is 6.57. The molecule has 0 saturated carbocycles. The molecule has 3 nitrogen and oxygen atoms in total. The van der Waals surface area contributed by atoms with E-state index in [4.69, 9.17) is 18.0 Å². The summed E-state index contributed by atoms with van der Waals surface area (Å²) in [5, 5.41) is 2.90. The smallest absolute Gasteiger partial charge is 0.252 e. The van der Waals surface area contributed by atoms with Crippen LogP contribution in [0.5, 0.6) is 0 Å². The van der Waals surface area contributed by atoms with Gasteiger partial charge in [0.05, 0.1) is 10.5 Å². The summed E-state index contributed by atoms with van der Waals surface area (Å²) in [6.45, 7) is 5.67. The molecular weight excluding hydrogens is 312 g/mol. The minimum atomic E-state index is -0.647. The molecule has 0 saturated heterocycles. The number of rotatable bonds is 4. The van der Waals surface area contributed by atoms with Crippen LogP contribution in [0.15, 0.2) is 22.7 Å². The number of hydrogen-bond donors (Lipinski definition) is 2. The second-order valence-corrected chi connectivity index (χ2v) is 5.82. The molecule has 0 aliphatic heterocycles. The van der Waals surface area contributed by atoms with Gasteiger partial charge in [-0.2, -0.15) is 0 Å². The molecule has 0 radical (unpaired) electrons. The maximum absolute atomic E-state index is 12.2. The second-order valence-electron chi connectivity index (χ2n) is 4.46. The van der Waals surface area contributed by atoms with Gasteiger partial charge in [0, 0.05) is 10.0 Å². The zero-order valence-corrected chi connectivity index (χ0v) is 13.1. The van der Waals surface area contributed by atoms with Crippen LogP contribution in [-0.2, 0) is 0 Å². The Morgan fingerprint density at radius 2 is 2.17 bits per heavy atom. The van der Waals surface area contributed by atoms with Crippen molar-refractivity contribution in [1.82, 2.24) is 5.32 Å². The summed E-state index contributed by atoms with van der Waals surface area (Å²) in [6.07, 6.45) is 0.656. The minimum Gasteiger partial charge on any atom is -0.391 e. The normalized spacial score (nSPS) is 13.8. The van der Waals surface area contributed by atoms with Crippen molar-refractivity contribution in [3.8, 4) is 0 Å². The Morgan fingerprint density at radius 3 is 2.61 bits per heavy atom. The van der Waals surface area contributed by atoms with Gasteiger partial charge in [0.1, 0.15) is 0 Å². The lowest BCUT2D eigenvalue weighted by Gasteiger charge is -2.28. The average Bonchev–Trinajstić information content (AvgIpc) is 2.28. The van der Waals surface area contributed by atoms with Crippen LogP contribution in [0.4, 0.5) is 0 Å². The lowest BCUT2D eigenvalue weighted by molar-refractivity contribution is 0.0926. The quantitative estimate of drug-likeness (QED) is 0.835. The zero-order chi connectivity index (χ0) is 13.9. The summed E-state index contributed by atoms with van der Waals surface area (Å²) in [6, 6.07) is 5.52. The highest BCUT2D eigenvalue weighted by Crippen LogP contribution is 2.17. The molecule has 1 rings (SSSR count). The molecule has 5 heteroatoms. The van der Waals surface area contributed by atoms with E-state index in [0.717, 1.165) is 10.0 Å². The standard InChI is InChI=1S/C13H17BrN2OS/c1-4-13(3,12(15)18)16-11(17)10-6-5-9(14)7-8(10)2/h5-7H,4H2,1-3H3,(H2,15,18)(H,16,17). The third kappa shape index (κ3) is 3.29. The lowest BCUT2D eigenvalue weighted by atomic mass is 9.97. The summed E-state index contributed by atoms with van der Waals surface area (Å²) >= 11 is 8.38. The number of nitrogens with two attached hydrogens (primary N) is 1. The topological polar surface area (TPSA) is 55.1 Å². The summed E-state index contributed by atoms with van der Waals surface area (Å²) in [4.78, 5) is 12.5. The molecule has 1 unspecified atom stereocenters. The predicted octanol–water partition coefficient (Wildman–Crippen LogP) is 2.94. The number of nitrogens with one attached hydrogen (secondary N) is 1. The molecule has 0 aromatic heterocycles. The molecule has 0 spiro atoms. The molecule has 98 valence electrons. The van der Waals surface area contributed by atoms with Crippen LogP contribution in [-0.4, -0.2) is 16.4 Å². The van der Waals surface area contributed by atoms with Crippen LogP contribution in [0.25, 0.3) is 0 Å². The van der Waals surface area contributed by atoms with E-state index in [1.165, 1.54) is 0 Å². The average molecular weight is 329 g/mol. The first-order valence-electron chi connectivity index (χ1n) is 5.68. The molecule has 0 heterocycles. The maximum atomic E-state index is 12.2. The van der Waals surface area contributed by atoms with Gasteiger partial charge in [0.2, 0.25) is 0 Å². The minimum absolute atomic E-state index is 0.155. The molecule has 0 bridgehead atoms. The molecule has 3 N–H and O–H groups in total. The van der Waals surface area contributed by atoms with E-state index in [2.05, 4.69) is 21.2 Å². The van der Waals surface area contributed by atoms with Gasteiger partial charge in [0.15, 0.2) is 0 Å². The lowest BCUT2D eigenvalue weighted by Crippen LogP contribution is -2.54. The number of halogens is 1. The fraction of sp³-hybridized carbons (Fsp3) is 0.385. The Bertz CT molecular complexity index is 490. The van der Waals surface area contributed by atoms with Crippen LogP contribution >= 0.6 is 28.1 Å². The fourth-order valence-electron chi connectivity index (χ4n) is 1.52. The molecular formula is C13H17BrN2OS. The molecule has 1 aromatic rings. The maximum Gasteiger partial charge on any atom is 0.252 e. The summed E-state index contributed by atoms with van der Waals surface area (Å²) in [5.74, 6) is -0.155. The molecule has 0 fully saturated rings. The van der Waals surface area contributed by atoms with Crippen LogP contribution in [0.2, 0.25) is 0 Å². The van der Waals surface area contributed by atoms with Crippen molar-refractivity contribution in [2.75, 3.05) is 0 Å².